The number of carbonyl (C=O) groups excluding carboxylic acids is 1. The number of hydrogen-bond donors (Lipinski definition) is 1. The van der Waals surface area contributed by atoms with Crippen LogP contribution >= 0.6 is 23.2 Å². The standard InChI is InChI=1S/C22H26Cl2N2O4S/c1-16(26(31(2,28)29)18-8-9-19(23)20(24)14-18)21(27)25-15-22(10-12-30-13-11-22)17-6-4-3-5-7-17/h3-9,14,16H,10-13,15H2,1-2H3,(H,25,27)/t16-/m0/s1. The van der Waals surface area contributed by atoms with Crippen molar-refractivity contribution in [3.05, 3.63) is 64.1 Å². The van der Waals surface area contributed by atoms with Gasteiger partial charge >= 0.3 is 0 Å². The monoisotopic (exact) mass is 484 g/mol. The van der Waals surface area contributed by atoms with Gasteiger partial charge in [-0.1, -0.05) is 53.5 Å². The summed E-state index contributed by atoms with van der Waals surface area (Å²) in [6.07, 6.45) is 2.60. The molecule has 1 atom stereocenters. The largest absolute Gasteiger partial charge is 0.381 e. The van der Waals surface area contributed by atoms with Gasteiger partial charge in [-0.15, -0.1) is 0 Å². The average Bonchev–Trinajstić information content (AvgIpc) is 2.75. The van der Waals surface area contributed by atoms with Gasteiger partial charge < -0.3 is 10.1 Å². The Morgan fingerprint density at radius 2 is 1.77 bits per heavy atom. The maximum Gasteiger partial charge on any atom is 0.243 e. The number of nitrogens with one attached hydrogen (secondary N) is 1. The fraction of sp³-hybridized carbons (Fsp3) is 0.409. The highest BCUT2D eigenvalue weighted by Gasteiger charge is 2.36. The van der Waals surface area contributed by atoms with E-state index in [0.29, 0.717) is 24.8 Å². The number of sulfonamides is 1. The van der Waals surface area contributed by atoms with Gasteiger partial charge in [-0.3, -0.25) is 9.10 Å². The third kappa shape index (κ3) is 5.52. The molecule has 3 rings (SSSR count). The van der Waals surface area contributed by atoms with Crippen LogP contribution in [0, 0.1) is 0 Å². The topological polar surface area (TPSA) is 75.7 Å². The van der Waals surface area contributed by atoms with Crippen LogP contribution in [0.15, 0.2) is 48.5 Å². The van der Waals surface area contributed by atoms with Gasteiger partial charge in [0.05, 0.1) is 22.0 Å². The van der Waals surface area contributed by atoms with Gasteiger partial charge in [0, 0.05) is 25.2 Å². The average molecular weight is 485 g/mol. The van der Waals surface area contributed by atoms with Crippen LogP contribution in [-0.2, 0) is 25.0 Å². The zero-order valence-corrected chi connectivity index (χ0v) is 19.8. The summed E-state index contributed by atoms with van der Waals surface area (Å²) in [6, 6.07) is 13.5. The van der Waals surface area contributed by atoms with Crippen molar-refractivity contribution in [1.82, 2.24) is 5.32 Å². The molecule has 0 aliphatic carbocycles. The van der Waals surface area contributed by atoms with E-state index in [1.807, 2.05) is 18.2 Å². The van der Waals surface area contributed by atoms with Gasteiger partial charge in [0.25, 0.3) is 0 Å². The van der Waals surface area contributed by atoms with Crippen molar-refractivity contribution in [3.63, 3.8) is 0 Å². The minimum atomic E-state index is -3.75. The molecule has 2 aromatic rings. The molecular weight excluding hydrogens is 459 g/mol. The molecule has 0 unspecified atom stereocenters. The van der Waals surface area contributed by atoms with Crippen molar-refractivity contribution in [3.8, 4) is 0 Å². The van der Waals surface area contributed by atoms with E-state index in [-0.39, 0.29) is 16.1 Å². The lowest BCUT2D eigenvalue weighted by atomic mass is 9.74. The Balaban J connectivity index is 1.82. The minimum Gasteiger partial charge on any atom is -0.381 e. The molecule has 1 N–H and O–H groups in total. The highest BCUT2D eigenvalue weighted by molar-refractivity contribution is 7.92. The number of amides is 1. The lowest BCUT2D eigenvalue weighted by Gasteiger charge is -2.38. The first kappa shape index (κ1) is 23.9. The van der Waals surface area contributed by atoms with Crippen LogP contribution in [0.2, 0.25) is 10.0 Å². The number of anilines is 1. The molecule has 2 aromatic carbocycles. The van der Waals surface area contributed by atoms with Crippen molar-refractivity contribution >= 4 is 44.8 Å². The Hall–Kier alpha value is -1.80. The molecule has 0 bridgehead atoms. The summed E-state index contributed by atoms with van der Waals surface area (Å²) in [5.74, 6) is -0.390. The zero-order chi connectivity index (χ0) is 22.6. The Morgan fingerprint density at radius 3 is 2.35 bits per heavy atom. The molecular formula is C22H26Cl2N2O4S. The van der Waals surface area contributed by atoms with E-state index < -0.39 is 22.0 Å². The van der Waals surface area contributed by atoms with Gasteiger partial charge in [-0.05, 0) is 43.5 Å². The van der Waals surface area contributed by atoms with Crippen molar-refractivity contribution in [2.45, 2.75) is 31.2 Å². The summed E-state index contributed by atoms with van der Waals surface area (Å²) in [4.78, 5) is 13.1. The maximum atomic E-state index is 13.1. The first-order chi connectivity index (χ1) is 14.6. The normalized spacial score (nSPS) is 17.0. The van der Waals surface area contributed by atoms with E-state index in [9.17, 15) is 13.2 Å². The quantitative estimate of drug-likeness (QED) is 0.643. The summed E-state index contributed by atoms with van der Waals surface area (Å²) in [6.45, 7) is 3.17. The number of halogens is 2. The number of rotatable bonds is 7. The van der Waals surface area contributed by atoms with Crippen LogP contribution in [0.5, 0.6) is 0 Å². The second-order valence-corrected chi connectivity index (χ2v) is 10.5. The SMILES string of the molecule is C[C@@H](C(=O)NCC1(c2ccccc2)CCOCC1)N(c1ccc(Cl)c(Cl)c1)S(C)(=O)=O. The lowest BCUT2D eigenvalue weighted by Crippen LogP contribution is -2.51. The molecule has 6 nitrogen and oxygen atoms in total. The van der Waals surface area contributed by atoms with Crippen molar-refractivity contribution < 1.29 is 17.9 Å². The molecule has 9 heteroatoms. The van der Waals surface area contributed by atoms with Gasteiger partial charge in [-0.25, -0.2) is 8.42 Å². The molecule has 1 saturated heterocycles. The molecule has 1 heterocycles. The molecule has 0 aromatic heterocycles. The van der Waals surface area contributed by atoms with E-state index >= 15 is 0 Å². The van der Waals surface area contributed by atoms with Gasteiger partial charge in [0.15, 0.2) is 0 Å². The third-order valence-corrected chi connectivity index (χ3v) is 7.66. The molecule has 1 fully saturated rings. The highest BCUT2D eigenvalue weighted by atomic mass is 35.5. The van der Waals surface area contributed by atoms with E-state index in [4.69, 9.17) is 27.9 Å². The van der Waals surface area contributed by atoms with E-state index in [1.165, 1.54) is 18.2 Å². The fourth-order valence-electron chi connectivity index (χ4n) is 3.96. The number of ether oxygens (including phenoxy) is 1. The van der Waals surface area contributed by atoms with Crippen LogP contribution in [0.3, 0.4) is 0 Å². The molecule has 168 valence electrons. The van der Waals surface area contributed by atoms with Crippen molar-refractivity contribution in [1.29, 1.82) is 0 Å². The van der Waals surface area contributed by atoms with E-state index in [0.717, 1.165) is 29.0 Å². The van der Waals surface area contributed by atoms with Gasteiger partial charge in [0.2, 0.25) is 15.9 Å². The summed E-state index contributed by atoms with van der Waals surface area (Å²) < 4.78 is 31.6. The first-order valence-electron chi connectivity index (χ1n) is 9.99. The molecule has 1 amide bonds. The first-order valence-corrected chi connectivity index (χ1v) is 12.6. The molecule has 1 aliphatic rings. The zero-order valence-electron chi connectivity index (χ0n) is 17.5. The molecule has 0 spiro atoms. The summed E-state index contributed by atoms with van der Waals surface area (Å²) >= 11 is 12.0. The van der Waals surface area contributed by atoms with Crippen LogP contribution in [0.4, 0.5) is 5.69 Å². The molecule has 0 radical (unpaired) electrons. The smallest absolute Gasteiger partial charge is 0.243 e. The predicted molar refractivity (Wildman–Crippen MR) is 124 cm³/mol. The van der Waals surface area contributed by atoms with E-state index in [2.05, 4.69) is 17.4 Å². The Bertz CT molecular complexity index is 1030. The summed E-state index contributed by atoms with van der Waals surface area (Å²) in [5.41, 5.74) is 1.16. The number of carbonyl (C=O) groups is 1. The number of nitrogens with zero attached hydrogens (tertiary/aromatic N) is 1. The summed E-state index contributed by atoms with van der Waals surface area (Å²) in [7, 11) is -3.75. The van der Waals surface area contributed by atoms with Gasteiger partial charge in [-0.2, -0.15) is 0 Å². The molecule has 31 heavy (non-hydrogen) atoms. The van der Waals surface area contributed by atoms with Crippen molar-refractivity contribution in [2.24, 2.45) is 0 Å². The van der Waals surface area contributed by atoms with Crippen LogP contribution in [0.1, 0.15) is 25.3 Å². The Labute approximate surface area is 193 Å². The van der Waals surface area contributed by atoms with E-state index in [1.54, 1.807) is 6.92 Å². The van der Waals surface area contributed by atoms with Crippen LogP contribution < -0.4 is 9.62 Å². The fourth-order valence-corrected chi connectivity index (χ4v) is 5.42. The highest BCUT2D eigenvalue weighted by Crippen LogP contribution is 2.34. The Kier molecular flexibility index (Phi) is 7.52. The predicted octanol–water partition coefficient (Wildman–Crippen LogP) is 4.01. The van der Waals surface area contributed by atoms with Crippen LogP contribution in [-0.4, -0.2) is 46.4 Å². The Morgan fingerprint density at radius 1 is 1.13 bits per heavy atom. The van der Waals surface area contributed by atoms with Gasteiger partial charge in [0.1, 0.15) is 6.04 Å². The summed E-state index contributed by atoms with van der Waals surface area (Å²) in [5, 5.41) is 3.50. The maximum absolute atomic E-state index is 13.1. The second-order valence-electron chi connectivity index (χ2n) is 7.81. The van der Waals surface area contributed by atoms with Crippen LogP contribution in [0.25, 0.3) is 0 Å². The third-order valence-electron chi connectivity index (χ3n) is 5.68. The number of hydrogen-bond acceptors (Lipinski definition) is 4. The molecule has 0 saturated carbocycles. The molecule has 1 aliphatic heterocycles. The van der Waals surface area contributed by atoms with Crippen molar-refractivity contribution in [2.75, 3.05) is 30.3 Å². The second kappa shape index (κ2) is 9.77. The minimum absolute atomic E-state index is 0.214. The number of benzene rings is 2. The lowest BCUT2D eigenvalue weighted by molar-refractivity contribution is -0.122.